The number of aromatic amines is 1. The summed E-state index contributed by atoms with van der Waals surface area (Å²) in [5.41, 5.74) is -0.882. The van der Waals surface area contributed by atoms with Crippen LogP contribution in [0.4, 0.5) is 13.2 Å². The van der Waals surface area contributed by atoms with Crippen LogP contribution in [0.25, 0.3) is 11.4 Å². The Labute approximate surface area is 92.4 Å². The molecule has 2 rings (SSSR count). The summed E-state index contributed by atoms with van der Waals surface area (Å²) < 4.78 is 38.6. The van der Waals surface area contributed by atoms with Crippen LogP contribution < -0.4 is 5.56 Å². The van der Waals surface area contributed by atoms with Crippen molar-refractivity contribution < 1.29 is 18.3 Å². The van der Waals surface area contributed by atoms with Gasteiger partial charge < -0.3 is 10.1 Å². The molecule has 0 aliphatic rings. The molecule has 0 amide bonds. The van der Waals surface area contributed by atoms with E-state index in [4.69, 9.17) is 5.11 Å². The largest absolute Gasteiger partial charge is 0.493 e. The maximum atomic E-state index is 12.9. The smallest absolute Gasteiger partial charge is 0.254 e. The normalized spacial score (nSPS) is 10.5. The maximum Gasteiger partial charge on any atom is 0.254 e. The number of aromatic nitrogens is 2. The minimum Gasteiger partial charge on any atom is -0.493 e. The van der Waals surface area contributed by atoms with Crippen LogP contribution in [0.1, 0.15) is 0 Å². The van der Waals surface area contributed by atoms with E-state index in [0.29, 0.717) is 12.1 Å². The quantitative estimate of drug-likeness (QED) is 0.746. The number of aromatic hydroxyl groups is 1. The second-order valence-corrected chi connectivity index (χ2v) is 3.21. The molecule has 2 N–H and O–H groups in total. The third-order valence-electron chi connectivity index (χ3n) is 1.99. The zero-order valence-electron chi connectivity index (χ0n) is 8.17. The topological polar surface area (TPSA) is 66.0 Å². The number of H-pyrrole nitrogens is 1. The first kappa shape index (κ1) is 11.2. The monoisotopic (exact) mass is 242 g/mol. The van der Waals surface area contributed by atoms with Crippen LogP contribution in [-0.2, 0) is 0 Å². The zero-order valence-corrected chi connectivity index (χ0v) is 8.17. The zero-order chi connectivity index (χ0) is 12.6. The highest BCUT2D eigenvalue weighted by atomic mass is 19.2. The molecule has 0 saturated heterocycles. The standard InChI is InChI=1S/C10H5F3N2O2/c11-5-1-4(2-6(12)9(5)13)10-14-7(16)3-8(17)15-10/h1-3H,(H2,14,15,16,17). The average molecular weight is 242 g/mol. The number of nitrogens with one attached hydrogen (secondary N) is 1. The molecule has 1 heterocycles. The minimum atomic E-state index is -1.61. The van der Waals surface area contributed by atoms with Crippen molar-refractivity contribution in [2.45, 2.75) is 0 Å². The summed E-state index contributed by atoms with van der Waals surface area (Å²) in [5.74, 6) is -5.30. The third kappa shape index (κ3) is 2.12. The molecule has 88 valence electrons. The van der Waals surface area contributed by atoms with Gasteiger partial charge in [0.25, 0.3) is 5.56 Å². The predicted octanol–water partition coefficient (Wildman–Crippen LogP) is 1.56. The van der Waals surface area contributed by atoms with Crippen molar-refractivity contribution in [2.24, 2.45) is 0 Å². The first-order valence-electron chi connectivity index (χ1n) is 4.42. The van der Waals surface area contributed by atoms with Crippen LogP contribution in [0.3, 0.4) is 0 Å². The number of hydrogen-bond donors (Lipinski definition) is 2. The Balaban J connectivity index is 2.64. The molecule has 17 heavy (non-hydrogen) atoms. The molecule has 0 saturated carbocycles. The average Bonchev–Trinajstić information content (AvgIpc) is 2.23. The van der Waals surface area contributed by atoms with Crippen LogP contribution in [0.5, 0.6) is 5.88 Å². The van der Waals surface area contributed by atoms with Crippen LogP contribution in [0.2, 0.25) is 0 Å². The van der Waals surface area contributed by atoms with Gasteiger partial charge in [-0.05, 0) is 12.1 Å². The molecule has 4 nitrogen and oxygen atoms in total. The van der Waals surface area contributed by atoms with Gasteiger partial charge >= 0.3 is 0 Å². The molecule has 0 atom stereocenters. The molecule has 0 spiro atoms. The van der Waals surface area contributed by atoms with E-state index in [1.165, 1.54) is 0 Å². The summed E-state index contributed by atoms with van der Waals surface area (Å²) in [6.07, 6.45) is 0. The Bertz CT molecular complexity index is 617. The number of halogens is 3. The number of benzene rings is 1. The summed E-state index contributed by atoms with van der Waals surface area (Å²) in [7, 11) is 0. The number of nitrogens with zero attached hydrogens (tertiary/aromatic N) is 1. The van der Waals surface area contributed by atoms with Crippen LogP contribution >= 0.6 is 0 Å². The summed E-state index contributed by atoms with van der Waals surface area (Å²) in [4.78, 5) is 16.6. The molecule has 0 unspecified atom stereocenters. The highest BCUT2D eigenvalue weighted by Crippen LogP contribution is 2.20. The van der Waals surface area contributed by atoms with E-state index in [1.54, 1.807) is 0 Å². The van der Waals surface area contributed by atoms with Crippen LogP contribution in [0, 0.1) is 17.5 Å². The molecule has 0 bridgehead atoms. The number of rotatable bonds is 1. The minimum absolute atomic E-state index is 0.186. The molecule has 0 radical (unpaired) electrons. The molecular weight excluding hydrogens is 237 g/mol. The van der Waals surface area contributed by atoms with Gasteiger partial charge in [-0.15, -0.1) is 0 Å². The van der Waals surface area contributed by atoms with Crippen molar-refractivity contribution in [3.05, 3.63) is 46.0 Å². The van der Waals surface area contributed by atoms with Crippen molar-refractivity contribution in [1.29, 1.82) is 0 Å². The number of hydrogen-bond acceptors (Lipinski definition) is 3. The molecule has 0 aliphatic heterocycles. The molecule has 0 aliphatic carbocycles. The molecule has 7 heteroatoms. The van der Waals surface area contributed by atoms with E-state index < -0.39 is 28.9 Å². The highest BCUT2D eigenvalue weighted by Gasteiger charge is 2.13. The predicted molar refractivity (Wildman–Crippen MR) is 51.8 cm³/mol. The maximum absolute atomic E-state index is 12.9. The van der Waals surface area contributed by atoms with E-state index in [-0.39, 0.29) is 11.4 Å². The molecule has 2 aromatic rings. The van der Waals surface area contributed by atoms with Gasteiger partial charge in [-0.2, -0.15) is 4.98 Å². The van der Waals surface area contributed by atoms with Crippen molar-refractivity contribution >= 4 is 0 Å². The van der Waals surface area contributed by atoms with Gasteiger partial charge in [0.1, 0.15) is 5.82 Å². The first-order chi connectivity index (χ1) is 7.97. The van der Waals surface area contributed by atoms with Gasteiger partial charge in [-0.1, -0.05) is 0 Å². The van der Waals surface area contributed by atoms with Gasteiger partial charge in [0, 0.05) is 5.56 Å². The Morgan fingerprint density at radius 2 is 1.71 bits per heavy atom. The summed E-state index contributed by atoms with van der Waals surface area (Å²) >= 11 is 0. The lowest BCUT2D eigenvalue weighted by Crippen LogP contribution is -2.07. The van der Waals surface area contributed by atoms with Crippen molar-refractivity contribution in [3.8, 4) is 17.3 Å². The van der Waals surface area contributed by atoms with Crippen molar-refractivity contribution in [1.82, 2.24) is 9.97 Å². The second-order valence-electron chi connectivity index (χ2n) is 3.21. The fourth-order valence-corrected chi connectivity index (χ4v) is 1.27. The van der Waals surface area contributed by atoms with E-state index in [9.17, 15) is 18.0 Å². The van der Waals surface area contributed by atoms with Crippen molar-refractivity contribution in [2.75, 3.05) is 0 Å². The van der Waals surface area contributed by atoms with E-state index in [0.717, 1.165) is 6.07 Å². The summed E-state index contributed by atoms with van der Waals surface area (Å²) in [6.45, 7) is 0. The van der Waals surface area contributed by atoms with Crippen LogP contribution in [-0.4, -0.2) is 15.1 Å². The Hall–Kier alpha value is -2.31. The van der Waals surface area contributed by atoms with Crippen molar-refractivity contribution in [3.63, 3.8) is 0 Å². The lowest BCUT2D eigenvalue weighted by molar-refractivity contribution is 0.446. The van der Waals surface area contributed by atoms with Gasteiger partial charge in [0.15, 0.2) is 17.5 Å². The molecule has 1 aromatic carbocycles. The lowest BCUT2D eigenvalue weighted by Gasteiger charge is -2.02. The van der Waals surface area contributed by atoms with E-state index in [2.05, 4.69) is 9.97 Å². The molecular formula is C10H5F3N2O2. The molecule has 0 fully saturated rings. The Morgan fingerprint density at radius 1 is 1.12 bits per heavy atom. The third-order valence-corrected chi connectivity index (χ3v) is 1.99. The summed E-state index contributed by atoms with van der Waals surface area (Å²) in [5, 5.41) is 9.06. The van der Waals surface area contributed by atoms with Gasteiger partial charge in [0.2, 0.25) is 5.88 Å². The Kier molecular flexibility index (Phi) is 2.58. The van der Waals surface area contributed by atoms with Gasteiger partial charge in [-0.25, -0.2) is 13.2 Å². The summed E-state index contributed by atoms with van der Waals surface area (Å²) in [6, 6.07) is 2.12. The van der Waals surface area contributed by atoms with Crippen LogP contribution in [0.15, 0.2) is 23.0 Å². The fraction of sp³-hybridized carbons (Fsp3) is 0. The molecule has 1 aromatic heterocycles. The SMILES string of the molecule is O=c1cc(O)nc(-c2cc(F)c(F)c(F)c2)[nH]1. The lowest BCUT2D eigenvalue weighted by atomic mass is 10.2. The first-order valence-corrected chi connectivity index (χ1v) is 4.42. The van der Waals surface area contributed by atoms with Gasteiger partial charge in [0.05, 0.1) is 6.07 Å². The van der Waals surface area contributed by atoms with E-state index in [1.807, 2.05) is 0 Å². The van der Waals surface area contributed by atoms with E-state index >= 15 is 0 Å². The van der Waals surface area contributed by atoms with Gasteiger partial charge in [-0.3, -0.25) is 4.79 Å². The second kappa shape index (κ2) is 3.93. The fourth-order valence-electron chi connectivity index (χ4n) is 1.27. The highest BCUT2D eigenvalue weighted by molar-refractivity contribution is 5.55. The Morgan fingerprint density at radius 3 is 2.24 bits per heavy atom.